The van der Waals surface area contributed by atoms with Crippen molar-refractivity contribution in [2.45, 2.75) is 20.0 Å². The first-order valence-electron chi connectivity index (χ1n) is 8.24. The molecular formula is C20H19N3O3. The Morgan fingerprint density at radius 1 is 1.00 bits per heavy atom. The van der Waals surface area contributed by atoms with Gasteiger partial charge < -0.3 is 14.9 Å². The van der Waals surface area contributed by atoms with Gasteiger partial charge in [-0.05, 0) is 36.2 Å². The molecule has 0 radical (unpaired) electrons. The summed E-state index contributed by atoms with van der Waals surface area (Å²) in [6.07, 6.45) is 1.75. The van der Waals surface area contributed by atoms with E-state index in [9.17, 15) is 14.4 Å². The molecule has 0 aliphatic rings. The predicted molar refractivity (Wildman–Crippen MR) is 99.2 cm³/mol. The van der Waals surface area contributed by atoms with E-state index in [1.807, 2.05) is 30.3 Å². The summed E-state index contributed by atoms with van der Waals surface area (Å²) < 4.78 is 1.63. The number of aryl methyl sites for hydroxylation is 1. The number of nitrogens with zero attached hydrogens (tertiary/aromatic N) is 1. The molecule has 3 rings (SSSR count). The van der Waals surface area contributed by atoms with Crippen LogP contribution in [0.15, 0.2) is 70.4 Å². The zero-order chi connectivity index (χ0) is 18.5. The number of aromatic amines is 1. The number of aromatic nitrogens is 2. The minimum absolute atomic E-state index is 0.0489. The summed E-state index contributed by atoms with van der Waals surface area (Å²) in [6.45, 7) is 2.57. The molecule has 1 amide bonds. The number of hydrogen-bond donors (Lipinski definition) is 2. The van der Waals surface area contributed by atoms with Crippen molar-refractivity contribution in [2.24, 2.45) is 0 Å². The summed E-state index contributed by atoms with van der Waals surface area (Å²) in [5.74, 6) is -0.411. The lowest BCUT2D eigenvalue weighted by atomic mass is 10.1. The summed E-state index contributed by atoms with van der Waals surface area (Å²) in [6, 6.07) is 15.9. The van der Waals surface area contributed by atoms with E-state index in [1.54, 1.807) is 29.8 Å². The van der Waals surface area contributed by atoms with E-state index in [-0.39, 0.29) is 11.1 Å². The summed E-state index contributed by atoms with van der Waals surface area (Å²) in [5, 5.41) is 2.74. The van der Waals surface area contributed by atoms with Crippen molar-refractivity contribution >= 4 is 5.91 Å². The van der Waals surface area contributed by atoms with Crippen molar-refractivity contribution in [1.82, 2.24) is 14.9 Å². The largest absolute Gasteiger partial charge is 0.348 e. The summed E-state index contributed by atoms with van der Waals surface area (Å²) in [5.41, 5.74) is 2.25. The van der Waals surface area contributed by atoms with Crippen molar-refractivity contribution in [1.29, 1.82) is 0 Å². The second-order valence-corrected chi connectivity index (χ2v) is 6.05. The highest BCUT2D eigenvalue weighted by molar-refractivity contribution is 5.93. The molecule has 0 saturated carbocycles. The van der Waals surface area contributed by atoms with Gasteiger partial charge >= 0.3 is 0 Å². The molecule has 26 heavy (non-hydrogen) atoms. The molecular weight excluding hydrogens is 330 g/mol. The molecule has 6 heteroatoms. The molecule has 0 fully saturated rings. The second kappa shape index (κ2) is 7.65. The molecule has 0 spiro atoms. The van der Waals surface area contributed by atoms with E-state index in [0.717, 1.165) is 11.1 Å². The van der Waals surface area contributed by atoms with Gasteiger partial charge in [-0.25, -0.2) is 0 Å². The van der Waals surface area contributed by atoms with Gasteiger partial charge in [-0.1, -0.05) is 30.3 Å². The molecule has 3 aromatic rings. The first-order chi connectivity index (χ1) is 12.5. The van der Waals surface area contributed by atoms with Crippen molar-refractivity contribution in [3.63, 3.8) is 0 Å². The van der Waals surface area contributed by atoms with Crippen molar-refractivity contribution in [3.8, 4) is 0 Å². The van der Waals surface area contributed by atoms with Crippen LogP contribution in [0.25, 0.3) is 0 Å². The van der Waals surface area contributed by atoms with Gasteiger partial charge in [0.15, 0.2) is 0 Å². The van der Waals surface area contributed by atoms with Gasteiger partial charge in [-0.3, -0.25) is 14.4 Å². The maximum absolute atomic E-state index is 12.1. The van der Waals surface area contributed by atoms with Crippen molar-refractivity contribution in [3.05, 3.63) is 104 Å². The van der Waals surface area contributed by atoms with E-state index in [1.165, 1.54) is 12.1 Å². The van der Waals surface area contributed by atoms with E-state index in [2.05, 4.69) is 10.3 Å². The Hall–Kier alpha value is -3.41. The SMILES string of the molecule is Cc1ccc(C(=O)NCc2ccc(Cn3ccccc3=O)cc2)c(=O)[nH]1. The summed E-state index contributed by atoms with van der Waals surface area (Å²) in [4.78, 5) is 38.3. The van der Waals surface area contributed by atoms with Crippen LogP contribution in [0.5, 0.6) is 0 Å². The lowest BCUT2D eigenvalue weighted by Crippen LogP contribution is -2.29. The number of rotatable bonds is 5. The van der Waals surface area contributed by atoms with Gasteiger partial charge in [0.1, 0.15) is 5.56 Å². The Morgan fingerprint density at radius 3 is 2.42 bits per heavy atom. The number of H-pyrrole nitrogens is 1. The average molecular weight is 349 g/mol. The lowest BCUT2D eigenvalue weighted by Gasteiger charge is -2.08. The molecule has 0 bridgehead atoms. The Balaban J connectivity index is 1.62. The fourth-order valence-corrected chi connectivity index (χ4v) is 2.58. The molecule has 132 valence electrons. The van der Waals surface area contributed by atoms with Crippen LogP contribution in [-0.2, 0) is 13.1 Å². The third kappa shape index (κ3) is 4.16. The van der Waals surface area contributed by atoms with Gasteiger partial charge in [0.05, 0.1) is 6.54 Å². The molecule has 0 aliphatic heterocycles. The van der Waals surface area contributed by atoms with Crippen LogP contribution >= 0.6 is 0 Å². The topological polar surface area (TPSA) is 84.0 Å². The van der Waals surface area contributed by atoms with Gasteiger partial charge in [-0.15, -0.1) is 0 Å². The number of amides is 1. The molecule has 1 aromatic carbocycles. The van der Waals surface area contributed by atoms with Crippen LogP contribution in [0, 0.1) is 6.92 Å². The van der Waals surface area contributed by atoms with Crippen LogP contribution in [0.1, 0.15) is 27.2 Å². The Morgan fingerprint density at radius 2 is 1.73 bits per heavy atom. The number of carbonyl (C=O) groups is 1. The summed E-state index contributed by atoms with van der Waals surface area (Å²) >= 11 is 0. The molecule has 2 N–H and O–H groups in total. The van der Waals surface area contributed by atoms with Gasteiger partial charge in [-0.2, -0.15) is 0 Å². The Bertz CT molecular complexity index is 1030. The first kappa shape index (κ1) is 17.4. The molecule has 0 atom stereocenters. The number of pyridine rings is 2. The minimum atomic E-state index is -0.411. The van der Waals surface area contributed by atoms with E-state index >= 15 is 0 Å². The molecule has 0 unspecified atom stereocenters. The van der Waals surface area contributed by atoms with E-state index in [0.29, 0.717) is 18.8 Å². The third-order valence-corrected chi connectivity index (χ3v) is 4.03. The minimum Gasteiger partial charge on any atom is -0.348 e. The maximum Gasteiger partial charge on any atom is 0.260 e. The van der Waals surface area contributed by atoms with Crippen LogP contribution < -0.4 is 16.4 Å². The third-order valence-electron chi connectivity index (χ3n) is 4.03. The van der Waals surface area contributed by atoms with Crippen molar-refractivity contribution < 1.29 is 4.79 Å². The summed E-state index contributed by atoms with van der Waals surface area (Å²) in [7, 11) is 0. The average Bonchev–Trinajstić information content (AvgIpc) is 2.63. The second-order valence-electron chi connectivity index (χ2n) is 6.05. The Labute approximate surface area is 150 Å². The zero-order valence-corrected chi connectivity index (χ0v) is 14.4. The van der Waals surface area contributed by atoms with E-state index in [4.69, 9.17) is 0 Å². The maximum atomic E-state index is 12.1. The highest BCUT2D eigenvalue weighted by atomic mass is 16.2. The van der Waals surface area contributed by atoms with Gasteiger partial charge in [0.2, 0.25) is 0 Å². The number of nitrogens with one attached hydrogen (secondary N) is 2. The standard InChI is InChI=1S/C20H19N3O3/c1-14-5-10-17(20(26)22-14)19(25)21-12-15-6-8-16(9-7-15)13-23-11-3-2-4-18(23)24/h2-11H,12-13H2,1H3,(H,21,25)(H,22,26). The van der Waals surface area contributed by atoms with Crippen LogP contribution in [0.3, 0.4) is 0 Å². The molecule has 2 heterocycles. The predicted octanol–water partition coefficient (Wildman–Crippen LogP) is 1.82. The van der Waals surface area contributed by atoms with Crippen LogP contribution in [0.2, 0.25) is 0 Å². The molecule has 0 saturated heterocycles. The van der Waals surface area contributed by atoms with E-state index < -0.39 is 11.5 Å². The quantitative estimate of drug-likeness (QED) is 0.737. The Kier molecular flexibility index (Phi) is 5.12. The molecule has 0 aliphatic carbocycles. The number of hydrogen-bond acceptors (Lipinski definition) is 3. The monoisotopic (exact) mass is 349 g/mol. The molecule has 6 nitrogen and oxygen atoms in total. The normalized spacial score (nSPS) is 10.5. The highest BCUT2D eigenvalue weighted by Gasteiger charge is 2.09. The smallest absolute Gasteiger partial charge is 0.260 e. The van der Waals surface area contributed by atoms with Crippen LogP contribution in [0.4, 0.5) is 0 Å². The number of benzene rings is 1. The highest BCUT2D eigenvalue weighted by Crippen LogP contribution is 2.06. The van der Waals surface area contributed by atoms with Gasteiger partial charge in [0, 0.05) is 24.5 Å². The fourth-order valence-electron chi connectivity index (χ4n) is 2.58. The zero-order valence-electron chi connectivity index (χ0n) is 14.4. The molecule has 2 aromatic heterocycles. The lowest BCUT2D eigenvalue weighted by molar-refractivity contribution is 0.0949. The van der Waals surface area contributed by atoms with Gasteiger partial charge in [0.25, 0.3) is 17.0 Å². The van der Waals surface area contributed by atoms with Crippen LogP contribution in [-0.4, -0.2) is 15.5 Å². The van der Waals surface area contributed by atoms with Crippen molar-refractivity contribution in [2.75, 3.05) is 0 Å². The fraction of sp³-hybridized carbons (Fsp3) is 0.150. The number of carbonyl (C=O) groups excluding carboxylic acids is 1. The first-order valence-corrected chi connectivity index (χ1v) is 8.24.